The summed E-state index contributed by atoms with van der Waals surface area (Å²) in [4.78, 5) is 12.4. The van der Waals surface area contributed by atoms with E-state index in [1.54, 1.807) is 0 Å². The molecule has 154 valence electrons. The van der Waals surface area contributed by atoms with Crippen molar-refractivity contribution in [2.75, 3.05) is 6.54 Å². The van der Waals surface area contributed by atoms with E-state index in [4.69, 9.17) is 0 Å². The average Bonchev–Trinajstić information content (AvgIpc) is 3.03. The molecule has 1 aromatic heterocycles. The fraction of sp³-hybridized carbons (Fsp3) is 0.375. The van der Waals surface area contributed by atoms with Crippen LogP contribution in [0.25, 0.3) is 0 Å². The number of nitrogens with zero attached hydrogens (tertiary/aromatic N) is 1. The van der Waals surface area contributed by atoms with E-state index in [1.165, 1.54) is 12.1 Å². The molecule has 3 N–H and O–H groups in total. The van der Waals surface area contributed by atoms with Gasteiger partial charge in [-0.1, -0.05) is 18.2 Å². The normalized spacial score (nSPS) is 14.8. The van der Waals surface area contributed by atoms with E-state index in [2.05, 4.69) is 20.3 Å². The summed E-state index contributed by atoms with van der Waals surface area (Å²) in [5.74, 6) is -1.73. The number of para-hydroxylation sites is 1. The number of ether oxygens (including phenoxy) is 1. The molecule has 0 bridgehead atoms. The number of H-pyrrole nitrogens is 1. The maximum absolute atomic E-state index is 13.6. The molecular formula is C16H16ClF5N4O2. The molecule has 0 aliphatic carbocycles. The van der Waals surface area contributed by atoms with E-state index < -0.39 is 36.0 Å². The quantitative estimate of drug-likeness (QED) is 0.642. The van der Waals surface area contributed by atoms with Gasteiger partial charge in [0.2, 0.25) is 0 Å². The molecule has 1 atom stereocenters. The molecule has 0 radical (unpaired) electrons. The van der Waals surface area contributed by atoms with E-state index in [9.17, 15) is 26.7 Å². The molecule has 0 saturated heterocycles. The third-order valence-corrected chi connectivity index (χ3v) is 4.07. The van der Waals surface area contributed by atoms with E-state index in [0.29, 0.717) is 24.2 Å². The first-order valence-corrected chi connectivity index (χ1v) is 7.95. The van der Waals surface area contributed by atoms with Gasteiger partial charge in [0.1, 0.15) is 5.75 Å². The molecule has 0 fully saturated rings. The Labute approximate surface area is 162 Å². The van der Waals surface area contributed by atoms with Crippen LogP contribution in [-0.4, -0.2) is 35.4 Å². The zero-order valence-electron chi connectivity index (χ0n) is 14.1. The lowest BCUT2D eigenvalue weighted by molar-refractivity contribution is -0.156. The number of nitrogens with one attached hydrogen (secondary N) is 3. The summed E-state index contributed by atoms with van der Waals surface area (Å²) < 4.78 is 69.9. The molecule has 28 heavy (non-hydrogen) atoms. The predicted molar refractivity (Wildman–Crippen MR) is 90.6 cm³/mol. The van der Waals surface area contributed by atoms with E-state index in [-0.39, 0.29) is 24.6 Å². The fourth-order valence-corrected chi connectivity index (χ4v) is 2.87. The van der Waals surface area contributed by atoms with Crippen molar-refractivity contribution in [1.29, 1.82) is 0 Å². The minimum Gasteiger partial charge on any atom is -0.434 e. The maximum Gasteiger partial charge on any atom is 0.413 e. The van der Waals surface area contributed by atoms with E-state index in [0.717, 1.165) is 12.1 Å². The van der Waals surface area contributed by atoms with Crippen LogP contribution in [0.5, 0.6) is 5.75 Å². The van der Waals surface area contributed by atoms with Crippen LogP contribution in [0.1, 0.15) is 33.4 Å². The van der Waals surface area contributed by atoms with Crippen LogP contribution in [0.3, 0.4) is 0 Å². The Balaban J connectivity index is 0.00000280. The lowest BCUT2D eigenvalue weighted by atomic mass is 10.0. The van der Waals surface area contributed by atoms with Crippen LogP contribution in [0.15, 0.2) is 24.3 Å². The van der Waals surface area contributed by atoms with Gasteiger partial charge in [-0.15, -0.1) is 12.4 Å². The van der Waals surface area contributed by atoms with Crippen LogP contribution in [0.4, 0.5) is 22.0 Å². The number of amides is 1. The Morgan fingerprint density at radius 3 is 2.64 bits per heavy atom. The number of carbonyl (C=O) groups excluding carboxylic acids is 1. The average molecular weight is 427 g/mol. The van der Waals surface area contributed by atoms with Crippen molar-refractivity contribution in [2.45, 2.75) is 31.8 Å². The van der Waals surface area contributed by atoms with Crippen molar-refractivity contribution in [3.63, 3.8) is 0 Å². The molecule has 1 unspecified atom stereocenters. The highest BCUT2D eigenvalue weighted by Gasteiger charge is 2.44. The third kappa shape index (κ3) is 4.71. The van der Waals surface area contributed by atoms with Gasteiger partial charge in [0, 0.05) is 36.3 Å². The number of rotatable bonds is 5. The van der Waals surface area contributed by atoms with Crippen molar-refractivity contribution >= 4 is 18.3 Å². The predicted octanol–water partition coefficient (Wildman–Crippen LogP) is 3.11. The molecule has 1 aromatic carbocycles. The van der Waals surface area contributed by atoms with Gasteiger partial charge in [0.05, 0.1) is 0 Å². The highest BCUT2D eigenvalue weighted by molar-refractivity contribution is 5.94. The van der Waals surface area contributed by atoms with Gasteiger partial charge in [0.15, 0.2) is 11.7 Å². The molecular weight excluding hydrogens is 411 g/mol. The topological polar surface area (TPSA) is 79.0 Å². The number of carbonyl (C=O) groups is 1. The Hall–Kier alpha value is -2.40. The summed E-state index contributed by atoms with van der Waals surface area (Å²) in [7, 11) is 0. The largest absolute Gasteiger partial charge is 0.434 e. The minimum absolute atomic E-state index is 0. The van der Waals surface area contributed by atoms with Crippen LogP contribution in [0.2, 0.25) is 0 Å². The van der Waals surface area contributed by atoms with Gasteiger partial charge in [0.25, 0.3) is 5.91 Å². The molecule has 2 aromatic rings. The highest BCUT2D eigenvalue weighted by Crippen LogP contribution is 2.38. The monoisotopic (exact) mass is 426 g/mol. The summed E-state index contributed by atoms with van der Waals surface area (Å²) in [6.07, 6.45) is -4.38. The Kier molecular flexibility index (Phi) is 6.83. The molecule has 0 spiro atoms. The first-order valence-electron chi connectivity index (χ1n) is 7.95. The highest BCUT2D eigenvalue weighted by atomic mass is 35.5. The molecule has 0 saturated carbocycles. The molecule has 2 heterocycles. The third-order valence-electron chi connectivity index (χ3n) is 4.07. The van der Waals surface area contributed by atoms with Gasteiger partial charge in [-0.2, -0.15) is 27.1 Å². The first-order chi connectivity index (χ1) is 12.8. The number of benzene rings is 1. The Bertz CT molecular complexity index is 828. The Morgan fingerprint density at radius 1 is 1.25 bits per heavy atom. The molecule has 1 aliphatic rings. The molecule has 3 rings (SSSR count). The number of fused-ring (bicyclic) bond motifs is 1. The van der Waals surface area contributed by atoms with Crippen LogP contribution in [0, 0.1) is 0 Å². The van der Waals surface area contributed by atoms with Gasteiger partial charge in [-0.05, 0) is 6.07 Å². The minimum atomic E-state index is -4.94. The number of halogens is 6. The van der Waals surface area contributed by atoms with Crippen molar-refractivity contribution in [2.24, 2.45) is 0 Å². The van der Waals surface area contributed by atoms with Crippen molar-refractivity contribution in [3.05, 3.63) is 46.8 Å². The zero-order chi connectivity index (χ0) is 19.6. The maximum atomic E-state index is 13.6. The van der Waals surface area contributed by atoms with Gasteiger partial charge < -0.3 is 15.4 Å². The molecule has 1 aliphatic heterocycles. The first kappa shape index (κ1) is 21.9. The second kappa shape index (κ2) is 8.74. The fourth-order valence-electron chi connectivity index (χ4n) is 2.87. The molecule has 1 amide bonds. The smallest absolute Gasteiger partial charge is 0.413 e. The SMILES string of the molecule is Cl.O=C(NC(c1ccccc1OC(F)F)C(F)(F)F)c1n[nH]c2c1CNCC2. The number of aromatic nitrogens is 2. The number of hydrogen-bond donors (Lipinski definition) is 3. The van der Waals surface area contributed by atoms with E-state index in [1.807, 2.05) is 5.32 Å². The molecule has 12 heteroatoms. The van der Waals surface area contributed by atoms with Crippen LogP contribution < -0.4 is 15.4 Å². The number of aromatic amines is 1. The second-order valence-corrected chi connectivity index (χ2v) is 5.82. The van der Waals surface area contributed by atoms with E-state index >= 15 is 0 Å². The Morgan fingerprint density at radius 2 is 1.96 bits per heavy atom. The summed E-state index contributed by atoms with van der Waals surface area (Å²) in [5.41, 5.74) is 0.362. The summed E-state index contributed by atoms with van der Waals surface area (Å²) in [6, 6.07) is 1.90. The lowest BCUT2D eigenvalue weighted by Crippen LogP contribution is -2.39. The van der Waals surface area contributed by atoms with Crippen LogP contribution >= 0.6 is 12.4 Å². The van der Waals surface area contributed by atoms with Crippen LogP contribution in [-0.2, 0) is 13.0 Å². The van der Waals surface area contributed by atoms with Gasteiger partial charge >= 0.3 is 12.8 Å². The summed E-state index contributed by atoms with van der Waals surface area (Å²) in [6.45, 7) is -2.36. The standard InChI is InChI=1S/C16H15F5N4O2.ClH/c17-15(18)27-11-4-2-1-3-8(11)13(16(19,20)21)23-14(26)12-9-7-22-6-5-10(9)24-25-12;/h1-4,13,15,22H,5-7H2,(H,23,26)(H,24,25);1H. The zero-order valence-corrected chi connectivity index (χ0v) is 15.0. The molecule has 6 nitrogen and oxygen atoms in total. The van der Waals surface area contributed by atoms with Crippen molar-refractivity contribution < 1.29 is 31.5 Å². The summed E-state index contributed by atoms with van der Waals surface area (Å²) >= 11 is 0. The lowest BCUT2D eigenvalue weighted by Gasteiger charge is -2.24. The van der Waals surface area contributed by atoms with Crippen molar-refractivity contribution in [1.82, 2.24) is 20.8 Å². The second-order valence-electron chi connectivity index (χ2n) is 5.82. The van der Waals surface area contributed by atoms with Crippen molar-refractivity contribution in [3.8, 4) is 5.75 Å². The van der Waals surface area contributed by atoms with Gasteiger partial charge in [-0.3, -0.25) is 9.89 Å². The summed E-state index contributed by atoms with van der Waals surface area (Å²) in [5, 5.41) is 11.3. The number of alkyl halides is 5. The van der Waals surface area contributed by atoms with Gasteiger partial charge in [-0.25, -0.2) is 0 Å². The number of hydrogen-bond acceptors (Lipinski definition) is 4.